The molecule has 0 spiro atoms. The minimum atomic E-state index is 0.838. The molecule has 23 heavy (non-hydrogen) atoms. The van der Waals surface area contributed by atoms with Gasteiger partial charge in [-0.05, 0) is 61.6 Å². The summed E-state index contributed by atoms with van der Waals surface area (Å²) in [6, 6.07) is 15.5. The summed E-state index contributed by atoms with van der Waals surface area (Å²) in [6.07, 6.45) is 4.89. The highest BCUT2D eigenvalue weighted by atomic mass is 16.5. The summed E-state index contributed by atoms with van der Waals surface area (Å²) in [7, 11) is 2.12. The fourth-order valence-corrected chi connectivity index (χ4v) is 3.55. The van der Waals surface area contributed by atoms with Gasteiger partial charge in [-0.3, -0.25) is 0 Å². The summed E-state index contributed by atoms with van der Waals surface area (Å²) in [5.41, 5.74) is 5.06. The second kappa shape index (κ2) is 6.15. The van der Waals surface area contributed by atoms with Crippen molar-refractivity contribution in [3.63, 3.8) is 0 Å². The maximum absolute atomic E-state index is 5.80. The van der Waals surface area contributed by atoms with Crippen LogP contribution in [0, 0.1) is 0 Å². The SMILES string of the molecule is CN(c1ccc(N2CCCC2)cc1)c1ccc2c(c1)OCCC2. The van der Waals surface area contributed by atoms with Crippen LogP contribution in [0.2, 0.25) is 0 Å². The van der Waals surface area contributed by atoms with E-state index in [1.807, 2.05) is 0 Å². The molecule has 0 amide bonds. The van der Waals surface area contributed by atoms with Crippen molar-refractivity contribution >= 4 is 17.1 Å². The molecule has 2 aliphatic rings. The van der Waals surface area contributed by atoms with E-state index in [1.54, 1.807) is 0 Å². The van der Waals surface area contributed by atoms with Crippen molar-refractivity contribution in [2.75, 3.05) is 36.5 Å². The van der Waals surface area contributed by atoms with Crippen molar-refractivity contribution in [1.82, 2.24) is 0 Å². The number of rotatable bonds is 3. The Morgan fingerprint density at radius 2 is 1.65 bits per heavy atom. The Labute approximate surface area is 138 Å². The molecule has 2 heterocycles. The average Bonchev–Trinajstić information content (AvgIpc) is 3.15. The van der Waals surface area contributed by atoms with Gasteiger partial charge in [0.1, 0.15) is 5.75 Å². The summed E-state index contributed by atoms with van der Waals surface area (Å²) in [6.45, 7) is 3.22. The molecule has 2 aromatic rings. The van der Waals surface area contributed by atoms with Crippen LogP contribution in [-0.2, 0) is 6.42 Å². The van der Waals surface area contributed by atoms with E-state index in [1.165, 1.54) is 48.6 Å². The lowest BCUT2D eigenvalue weighted by atomic mass is 10.1. The maximum atomic E-state index is 5.80. The second-order valence-corrected chi connectivity index (χ2v) is 6.51. The zero-order valence-corrected chi connectivity index (χ0v) is 13.8. The Morgan fingerprint density at radius 1 is 0.913 bits per heavy atom. The number of nitrogens with zero attached hydrogens (tertiary/aromatic N) is 2. The molecule has 120 valence electrons. The van der Waals surface area contributed by atoms with Crippen molar-refractivity contribution in [3.05, 3.63) is 48.0 Å². The number of fused-ring (bicyclic) bond motifs is 1. The predicted octanol–water partition coefficient (Wildman–Crippen LogP) is 4.38. The molecule has 0 saturated carbocycles. The first-order valence-corrected chi connectivity index (χ1v) is 8.66. The minimum Gasteiger partial charge on any atom is -0.493 e. The predicted molar refractivity (Wildman–Crippen MR) is 96.2 cm³/mol. The van der Waals surface area contributed by atoms with E-state index < -0.39 is 0 Å². The monoisotopic (exact) mass is 308 g/mol. The van der Waals surface area contributed by atoms with Gasteiger partial charge in [-0.2, -0.15) is 0 Å². The largest absolute Gasteiger partial charge is 0.493 e. The van der Waals surface area contributed by atoms with Crippen molar-refractivity contribution in [2.24, 2.45) is 0 Å². The summed E-state index contributed by atoms with van der Waals surface area (Å²) in [4.78, 5) is 4.70. The van der Waals surface area contributed by atoms with Gasteiger partial charge in [0, 0.05) is 43.3 Å². The fourth-order valence-electron chi connectivity index (χ4n) is 3.55. The first-order valence-electron chi connectivity index (χ1n) is 8.66. The van der Waals surface area contributed by atoms with E-state index in [2.05, 4.69) is 59.3 Å². The average molecular weight is 308 g/mol. The molecule has 0 atom stereocenters. The summed E-state index contributed by atoms with van der Waals surface area (Å²) in [5, 5.41) is 0. The molecular weight excluding hydrogens is 284 g/mol. The van der Waals surface area contributed by atoms with Gasteiger partial charge in [0.25, 0.3) is 0 Å². The normalized spacial score (nSPS) is 16.8. The second-order valence-electron chi connectivity index (χ2n) is 6.51. The van der Waals surface area contributed by atoms with Gasteiger partial charge in [-0.1, -0.05) is 6.07 Å². The summed E-state index contributed by atoms with van der Waals surface area (Å²) in [5.74, 6) is 1.05. The van der Waals surface area contributed by atoms with Crippen LogP contribution in [0.25, 0.3) is 0 Å². The van der Waals surface area contributed by atoms with E-state index in [0.717, 1.165) is 25.2 Å². The zero-order valence-electron chi connectivity index (χ0n) is 13.8. The van der Waals surface area contributed by atoms with Crippen LogP contribution >= 0.6 is 0 Å². The third-order valence-electron chi connectivity index (χ3n) is 4.99. The van der Waals surface area contributed by atoms with E-state index in [9.17, 15) is 0 Å². The summed E-state index contributed by atoms with van der Waals surface area (Å²) >= 11 is 0. The number of anilines is 3. The minimum absolute atomic E-state index is 0.838. The first kappa shape index (κ1) is 14.4. The van der Waals surface area contributed by atoms with Crippen LogP contribution in [0.3, 0.4) is 0 Å². The lowest BCUT2D eigenvalue weighted by Crippen LogP contribution is -2.17. The lowest BCUT2D eigenvalue weighted by molar-refractivity contribution is 0.288. The molecule has 0 N–H and O–H groups in total. The molecule has 3 nitrogen and oxygen atoms in total. The first-order chi connectivity index (χ1) is 11.3. The molecule has 1 fully saturated rings. The molecule has 3 heteroatoms. The fraction of sp³-hybridized carbons (Fsp3) is 0.400. The van der Waals surface area contributed by atoms with Crippen LogP contribution in [0.4, 0.5) is 17.1 Å². The third kappa shape index (κ3) is 2.88. The van der Waals surface area contributed by atoms with Crippen molar-refractivity contribution in [1.29, 1.82) is 0 Å². The van der Waals surface area contributed by atoms with Crippen LogP contribution in [-0.4, -0.2) is 26.7 Å². The molecule has 4 rings (SSSR count). The molecule has 1 saturated heterocycles. The van der Waals surface area contributed by atoms with Gasteiger partial charge in [0.2, 0.25) is 0 Å². The highest BCUT2D eigenvalue weighted by Crippen LogP contribution is 2.33. The Balaban J connectivity index is 1.55. The number of hydrogen-bond donors (Lipinski definition) is 0. The van der Waals surface area contributed by atoms with Crippen LogP contribution < -0.4 is 14.5 Å². The third-order valence-corrected chi connectivity index (χ3v) is 4.99. The van der Waals surface area contributed by atoms with Gasteiger partial charge in [-0.25, -0.2) is 0 Å². The molecular formula is C20H24N2O. The number of aryl methyl sites for hydroxylation is 1. The number of benzene rings is 2. The van der Waals surface area contributed by atoms with Crippen molar-refractivity contribution in [3.8, 4) is 5.75 Å². The maximum Gasteiger partial charge on any atom is 0.124 e. The molecule has 0 bridgehead atoms. The summed E-state index contributed by atoms with van der Waals surface area (Å²) < 4.78 is 5.80. The van der Waals surface area contributed by atoms with Gasteiger partial charge >= 0.3 is 0 Å². The Hall–Kier alpha value is -2.16. The zero-order chi connectivity index (χ0) is 15.6. The molecule has 0 aromatic heterocycles. The van der Waals surface area contributed by atoms with Gasteiger partial charge in [0.05, 0.1) is 6.61 Å². The van der Waals surface area contributed by atoms with E-state index >= 15 is 0 Å². The lowest BCUT2D eigenvalue weighted by Gasteiger charge is -2.24. The van der Waals surface area contributed by atoms with Crippen molar-refractivity contribution < 1.29 is 4.74 Å². The number of ether oxygens (including phenoxy) is 1. The standard InChI is InChI=1S/C20H24N2O/c1-21(19-7-6-16-5-4-14-23-20(16)15-19)17-8-10-18(11-9-17)22-12-2-3-13-22/h6-11,15H,2-5,12-14H2,1H3. The molecule has 2 aliphatic heterocycles. The molecule has 0 unspecified atom stereocenters. The molecule has 2 aromatic carbocycles. The van der Waals surface area contributed by atoms with Crippen LogP contribution in [0.15, 0.2) is 42.5 Å². The molecule has 0 radical (unpaired) electrons. The van der Waals surface area contributed by atoms with Crippen LogP contribution in [0.5, 0.6) is 5.75 Å². The van der Waals surface area contributed by atoms with E-state index in [4.69, 9.17) is 4.74 Å². The van der Waals surface area contributed by atoms with Gasteiger partial charge < -0.3 is 14.5 Å². The Morgan fingerprint density at radius 3 is 2.43 bits per heavy atom. The van der Waals surface area contributed by atoms with Crippen molar-refractivity contribution in [2.45, 2.75) is 25.7 Å². The smallest absolute Gasteiger partial charge is 0.124 e. The van der Waals surface area contributed by atoms with E-state index in [-0.39, 0.29) is 0 Å². The Bertz CT molecular complexity index is 675. The Kier molecular flexibility index (Phi) is 3.86. The van der Waals surface area contributed by atoms with Gasteiger partial charge in [-0.15, -0.1) is 0 Å². The van der Waals surface area contributed by atoms with E-state index in [0.29, 0.717) is 0 Å². The topological polar surface area (TPSA) is 15.7 Å². The highest BCUT2D eigenvalue weighted by molar-refractivity contribution is 5.67. The number of hydrogen-bond acceptors (Lipinski definition) is 3. The van der Waals surface area contributed by atoms with Crippen LogP contribution in [0.1, 0.15) is 24.8 Å². The van der Waals surface area contributed by atoms with Gasteiger partial charge in [0.15, 0.2) is 0 Å². The highest BCUT2D eigenvalue weighted by Gasteiger charge is 2.14. The molecule has 0 aliphatic carbocycles. The quantitative estimate of drug-likeness (QED) is 0.837.